The number of methoxy groups -OCH3 is 1. The first kappa shape index (κ1) is 12.2. The third-order valence-electron chi connectivity index (χ3n) is 3.64. The molecule has 0 aliphatic carbocycles. The third-order valence-corrected chi connectivity index (χ3v) is 3.64. The zero-order chi connectivity index (χ0) is 13.2. The van der Waals surface area contributed by atoms with Crippen molar-refractivity contribution < 1.29 is 4.74 Å². The molecule has 1 fully saturated rings. The molecule has 5 heteroatoms. The molecule has 0 radical (unpaired) electrons. The molecule has 1 aromatic heterocycles. The highest BCUT2D eigenvalue weighted by Crippen LogP contribution is 2.19. The maximum atomic E-state index is 12.5. The van der Waals surface area contributed by atoms with E-state index in [0.717, 1.165) is 37.1 Å². The molecule has 1 aromatic carbocycles. The molecule has 2 aromatic rings. The Hall–Kier alpha value is -1.88. The van der Waals surface area contributed by atoms with Crippen molar-refractivity contribution in [1.29, 1.82) is 0 Å². The van der Waals surface area contributed by atoms with Crippen molar-refractivity contribution in [2.45, 2.75) is 18.9 Å². The summed E-state index contributed by atoms with van der Waals surface area (Å²) in [6, 6.07) is 5.62. The lowest BCUT2D eigenvalue weighted by Gasteiger charge is -2.23. The normalized spacial score (nSPS) is 19.5. The fraction of sp³-hybridized carbons (Fsp3) is 0.429. The maximum absolute atomic E-state index is 12.5. The van der Waals surface area contributed by atoms with E-state index in [4.69, 9.17) is 4.74 Å². The van der Waals surface area contributed by atoms with Gasteiger partial charge >= 0.3 is 0 Å². The van der Waals surface area contributed by atoms with Crippen LogP contribution in [0.1, 0.15) is 18.9 Å². The third kappa shape index (κ3) is 2.21. The SMILES string of the molecule is COc1ccc2c(=O)n(C3CCCNC3)ncc2c1. The van der Waals surface area contributed by atoms with Gasteiger partial charge in [-0.15, -0.1) is 0 Å². The number of piperidine rings is 1. The van der Waals surface area contributed by atoms with E-state index in [-0.39, 0.29) is 11.6 Å². The zero-order valence-corrected chi connectivity index (χ0v) is 10.9. The van der Waals surface area contributed by atoms with Crippen LogP contribution in [0.15, 0.2) is 29.2 Å². The Morgan fingerprint density at radius 2 is 2.37 bits per heavy atom. The number of aromatic nitrogens is 2. The topological polar surface area (TPSA) is 56.1 Å². The van der Waals surface area contributed by atoms with Crippen LogP contribution in [0.25, 0.3) is 10.8 Å². The fourth-order valence-electron chi connectivity index (χ4n) is 2.57. The number of rotatable bonds is 2. The van der Waals surface area contributed by atoms with Crippen LogP contribution < -0.4 is 15.6 Å². The highest BCUT2D eigenvalue weighted by atomic mass is 16.5. The van der Waals surface area contributed by atoms with Crippen LogP contribution in [0.5, 0.6) is 5.75 Å². The van der Waals surface area contributed by atoms with Crippen molar-refractivity contribution in [2.75, 3.05) is 20.2 Å². The summed E-state index contributed by atoms with van der Waals surface area (Å²) in [6.45, 7) is 1.84. The van der Waals surface area contributed by atoms with Gasteiger partial charge < -0.3 is 10.1 Å². The summed E-state index contributed by atoms with van der Waals surface area (Å²) in [4.78, 5) is 12.5. The van der Waals surface area contributed by atoms with Gasteiger partial charge in [-0.25, -0.2) is 4.68 Å². The highest BCUT2D eigenvalue weighted by Gasteiger charge is 2.17. The lowest BCUT2D eigenvalue weighted by atomic mass is 10.1. The van der Waals surface area contributed by atoms with Gasteiger partial charge in [0.2, 0.25) is 0 Å². The van der Waals surface area contributed by atoms with E-state index in [1.165, 1.54) is 0 Å². The molecule has 1 unspecified atom stereocenters. The Morgan fingerprint density at radius 3 is 3.11 bits per heavy atom. The van der Waals surface area contributed by atoms with Crippen molar-refractivity contribution in [3.8, 4) is 5.75 Å². The average Bonchev–Trinajstić information content (AvgIpc) is 2.48. The van der Waals surface area contributed by atoms with Crippen LogP contribution in [-0.4, -0.2) is 30.0 Å². The van der Waals surface area contributed by atoms with Gasteiger partial charge in [-0.3, -0.25) is 4.79 Å². The molecule has 0 amide bonds. The molecule has 2 heterocycles. The molecule has 1 aliphatic heterocycles. The molecule has 5 nitrogen and oxygen atoms in total. The predicted octanol–water partition coefficient (Wildman–Crippen LogP) is 1.33. The molecule has 1 saturated heterocycles. The van der Waals surface area contributed by atoms with Crippen LogP contribution in [0.3, 0.4) is 0 Å². The van der Waals surface area contributed by atoms with Gasteiger partial charge in [0.05, 0.1) is 24.7 Å². The summed E-state index contributed by atoms with van der Waals surface area (Å²) in [7, 11) is 1.61. The summed E-state index contributed by atoms with van der Waals surface area (Å²) < 4.78 is 6.77. The number of ether oxygens (including phenoxy) is 1. The summed E-state index contributed by atoms with van der Waals surface area (Å²) in [6.07, 6.45) is 3.83. The first-order chi connectivity index (χ1) is 9.29. The zero-order valence-electron chi connectivity index (χ0n) is 10.9. The smallest absolute Gasteiger partial charge is 0.274 e. The van der Waals surface area contributed by atoms with Crippen LogP contribution in [0, 0.1) is 0 Å². The average molecular weight is 259 g/mol. The molecular formula is C14H17N3O2. The standard InChI is InChI=1S/C14H17N3O2/c1-19-12-4-5-13-10(7-12)8-16-17(14(13)18)11-3-2-6-15-9-11/h4-5,7-8,11,15H,2-3,6,9H2,1H3. The molecular weight excluding hydrogens is 242 g/mol. The number of nitrogens with zero attached hydrogens (tertiary/aromatic N) is 2. The number of hydrogen-bond donors (Lipinski definition) is 1. The number of hydrogen-bond acceptors (Lipinski definition) is 4. The minimum atomic E-state index is -0.0196. The molecule has 0 saturated carbocycles. The molecule has 19 heavy (non-hydrogen) atoms. The van der Waals surface area contributed by atoms with Gasteiger partial charge in [-0.05, 0) is 37.6 Å². The van der Waals surface area contributed by atoms with E-state index in [2.05, 4.69) is 10.4 Å². The first-order valence-electron chi connectivity index (χ1n) is 6.56. The molecule has 0 bridgehead atoms. The van der Waals surface area contributed by atoms with E-state index in [1.807, 2.05) is 18.2 Å². The van der Waals surface area contributed by atoms with E-state index >= 15 is 0 Å². The minimum Gasteiger partial charge on any atom is -0.497 e. The van der Waals surface area contributed by atoms with Crippen LogP contribution in [-0.2, 0) is 0 Å². The number of nitrogens with one attached hydrogen (secondary N) is 1. The molecule has 100 valence electrons. The van der Waals surface area contributed by atoms with Crippen LogP contribution in [0.4, 0.5) is 0 Å². The number of fused-ring (bicyclic) bond motifs is 1. The summed E-state index contributed by atoms with van der Waals surface area (Å²) in [5.41, 5.74) is -0.0196. The second-order valence-electron chi connectivity index (χ2n) is 4.85. The second-order valence-corrected chi connectivity index (χ2v) is 4.85. The highest BCUT2D eigenvalue weighted by molar-refractivity contribution is 5.82. The van der Waals surface area contributed by atoms with Gasteiger partial charge in [0.25, 0.3) is 5.56 Å². The van der Waals surface area contributed by atoms with Crippen LogP contribution >= 0.6 is 0 Å². The maximum Gasteiger partial charge on any atom is 0.274 e. The fourth-order valence-corrected chi connectivity index (χ4v) is 2.57. The summed E-state index contributed by atoms with van der Waals surface area (Å²) in [5, 5.41) is 9.14. The Balaban J connectivity index is 2.07. The summed E-state index contributed by atoms with van der Waals surface area (Å²) >= 11 is 0. The molecule has 1 atom stereocenters. The van der Waals surface area contributed by atoms with Crippen molar-refractivity contribution in [3.05, 3.63) is 34.7 Å². The molecule has 1 N–H and O–H groups in total. The number of benzene rings is 1. The first-order valence-corrected chi connectivity index (χ1v) is 6.56. The monoisotopic (exact) mass is 259 g/mol. The van der Waals surface area contributed by atoms with E-state index in [9.17, 15) is 4.79 Å². The van der Waals surface area contributed by atoms with Crippen molar-refractivity contribution in [3.63, 3.8) is 0 Å². The largest absolute Gasteiger partial charge is 0.497 e. The second kappa shape index (κ2) is 5.01. The lowest BCUT2D eigenvalue weighted by Crippen LogP contribution is -2.37. The van der Waals surface area contributed by atoms with Gasteiger partial charge in [0.1, 0.15) is 5.75 Å². The van der Waals surface area contributed by atoms with Crippen LogP contribution in [0.2, 0.25) is 0 Å². The lowest BCUT2D eigenvalue weighted by molar-refractivity contribution is 0.337. The van der Waals surface area contributed by atoms with Gasteiger partial charge in [-0.2, -0.15) is 5.10 Å². The molecule has 1 aliphatic rings. The molecule has 0 spiro atoms. The minimum absolute atomic E-state index is 0.0196. The predicted molar refractivity (Wildman–Crippen MR) is 73.7 cm³/mol. The molecule has 3 rings (SSSR count). The van der Waals surface area contributed by atoms with Crippen molar-refractivity contribution in [1.82, 2.24) is 15.1 Å². The Kier molecular flexibility index (Phi) is 3.21. The van der Waals surface area contributed by atoms with Gasteiger partial charge in [0.15, 0.2) is 0 Å². The van der Waals surface area contributed by atoms with Gasteiger partial charge in [0, 0.05) is 11.9 Å². The van der Waals surface area contributed by atoms with E-state index in [1.54, 1.807) is 18.0 Å². The van der Waals surface area contributed by atoms with Crippen molar-refractivity contribution >= 4 is 10.8 Å². The quantitative estimate of drug-likeness (QED) is 0.884. The van der Waals surface area contributed by atoms with Gasteiger partial charge in [-0.1, -0.05) is 0 Å². The Morgan fingerprint density at radius 1 is 1.47 bits per heavy atom. The summed E-state index contributed by atoms with van der Waals surface area (Å²) in [5.74, 6) is 0.741. The van der Waals surface area contributed by atoms with Crippen molar-refractivity contribution in [2.24, 2.45) is 0 Å². The Labute approximate surface area is 111 Å². The van der Waals surface area contributed by atoms with E-state index < -0.39 is 0 Å². The van der Waals surface area contributed by atoms with E-state index in [0.29, 0.717) is 5.39 Å². The Bertz CT molecular complexity index is 645.